The lowest BCUT2D eigenvalue weighted by molar-refractivity contribution is -0.121. The Kier molecular flexibility index (Phi) is 6.80. The minimum Gasteiger partial charge on any atom is -0.356 e. The van der Waals surface area contributed by atoms with E-state index in [9.17, 15) is 9.59 Å². The number of nitrogens with one attached hydrogen (secondary N) is 4. The first-order chi connectivity index (χ1) is 12.0. The van der Waals surface area contributed by atoms with Gasteiger partial charge in [-0.3, -0.25) is 14.6 Å². The third kappa shape index (κ3) is 5.77. The van der Waals surface area contributed by atoms with Crippen LogP contribution in [0.15, 0.2) is 29.3 Å². The predicted molar refractivity (Wildman–Crippen MR) is 99.7 cm³/mol. The summed E-state index contributed by atoms with van der Waals surface area (Å²) in [4.78, 5) is 27.7. The summed E-state index contributed by atoms with van der Waals surface area (Å²) in [5, 5.41) is 12.1. The maximum Gasteiger partial charge on any atom is 0.225 e. The van der Waals surface area contributed by atoms with Crippen molar-refractivity contribution < 1.29 is 9.59 Å². The molecule has 0 saturated carbocycles. The highest BCUT2D eigenvalue weighted by Gasteiger charge is 2.24. The maximum atomic E-state index is 11.9. The molecule has 25 heavy (non-hydrogen) atoms. The highest BCUT2D eigenvalue weighted by molar-refractivity contribution is 5.94. The minimum atomic E-state index is 0.0100. The van der Waals surface area contributed by atoms with Gasteiger partial charge in [0.15, 0.2) is 5.96 Å². The lowest BCUT2D eigenvalue weighted by Gasteiger charge is -2.26. The fourth-order valence-electron chi connectivity index (χ4n) is 2.81. The number of fused-ring (bicyclic) bond motifs is 1. The van der Waals surface area contributed by atoms with E-state index in [0.717, 1.165) is 11.3 Å². The Bertz CT molecular complexity index is 642. The molecule has 0 radical (unpaired) electrons. The number of amides is 2. The van der Waals surface area contributed by atoms with E-state index in [2.05, 4.69) is 26.3 Å². The van der Waals surface area contributed by atoms with Gasteiger partial charge in [0, 0.05) is 50.6 Å². The Hall–Kier alpha value is -2.57. The van der Waals surface area contributed by atoms with Crippen LogP contribution < -0.4 is 21.3 Å². The molecule has 7 nitrogen and oxygen atoms in total. The molecule has 1 heterocycles. The molecular formula is C18H27N5O2. The van der Waals surface area contributed by atoms with E-state index in [4.69, 9.17) is 0 Å². The van der Waals surface area contributed by atoms with Crippen LogP contribution in [0.2, 0.25) is 0 Å². The summed E-state index contributed by atoms with van der Waals surface area (Å²) in [6.45, 7) is 4.97. The van der Waals surface area contributed by atoms with Crippen molar-refractivity contribution >= 4 is 23.5 Å². The smallest absolute Gasteiger partial charge is 0.225 e. The van der Waals surface area contributed by atoms with Gasteiger partial charge in [0.1, 0.15) is 0 Å². The molecule has 7 heteroatoms. The standard InChI is InChI=1S/C18H27N5O2/c1-12(2)22-16(24)8-9-20-18(19-3)21-11-13-10-17(25)23-15-7-5-4-6-14(13)15/h4-7,12-13H,8-11H2,1-3H3,(H,22,24)(H,23,25)(H2,19,20,21). The van der Waals surface area contributed by atoms with Gasteiger partial charge < -0.3 is 21.3 Å². The van der Waals surface area contributed by atoms with Gasteiger partial charge >= 0.3 is 0 Å². The number of carbonyl (C=O) groups is 2. The number of anilines is 1. The van der Waals surface area contributed by atoms with E-state index in [1.807, 2.05) is 38.1 Å². The van der Waals surface area contributed by atoms with Crippen LogP contribution in [0.1, 0.15) is 38.2 Å². The molecule has 0 aliphatic carbocycles. The first kappa shape index (κ1) is 18.8. The average Bonchev–Trinajstić information content (AvgIpc) is 2.56. The number of guanidine groups is 1. The molecule has 1 aromatic rings. The molecule has 4 N–H and O–H groups in total. The van der Waals surface area contributed by atoms with Crippen LogP contribution in [-0.4, -0.2) is 44.0 Å². The normalized spacial score (nSPS) is 16.9. The number of hydrogen-bond acceptors (Lipinski definition) is 3. The zero-order chi connectivity index (χ0) is 18.2. The SMILES string of the molecule is CN=C(NCCC(=O)NC(C)C)NCC1CC(=O)Nc2ccccc21. The van der Waals surface area contributed by atoms with Gasteiger partial charge in [0.25, 0.3) is 0 Å². The van der Waals surface area contributed by atoms with Crippen molar-refractivity contribution in [1.29, 1.82) is 0 Å². The monoisotopic (exact) mass is 345 g/mol. The summed E-state index contributed by atoms with van der Waals surface area (Å²) in [6.07, 6.45) is 0.825. The lowest BCUT2D eigenvalue weighted by atomic mass is 9.90. The van der Waals surface area contributed by atoms with E-state index in [1.54, 1.807) is 7.05 Å². The van der Waals surface area contributed by atoms with Gasteiger partial charge in [0.2, 0.25) is 11.8 Å². The van der Waals surface area contributed by atoms with Crippen molar-refractivity contribution in [3.63, 3.8) is 0 Å². The molecule has 2 amide bonds. The summed E-state index contributed by atoms with van der Waals surface area (Å²) < 4.78 is 0. The van der Waals surface area contributed by atoms with Crippen molar-refractivity contribution in [1.82, 2.24) is 16.0 Å². The summed E-state index contributed by atoms with van der Waals surface area (Å²) in [5.41, 5.74) is 2.00. The first-order valence-corrected chi connectivity index (χ1v) is 8.62. The fourth-order valence-corrected chi connectivity index (χ4v) is 2.81. The van der Waals surface area contributed by atoms with Crippen molar-refractivity contribution in [2.75, 3.05) is 25.5 Å². The van der Waals surface area contributed by atoms with E-state index in [-0.39, 0.29) is 23.8 Å². The second-order valence-corrected chi connectivity index (χ2v) is 6.39. The molecule has 0 bridgehead atoms. The topological polar surface area (TPSA) is 94.6 Å². The Balaban J connectivity index is 1.83. The number of benzene rings is 1. The number of rotatable bonds is 6. The third-order valence-corrected chi connectivity index (χ3v) is 3.94. The zero-order valence-electron chi connectivity index (χ0n) is 15.1. The minimum absolute atomic E-state index is 0.0100. The largest absolute Gasteiger partial charge is 0.356 e. The van der Waals surface area contributed by atoms with Crippen LogP contribution in [0, 0.1) is 0 Å². The predicted octanol–water partition coefficient (Wildman–Crippen LogP) is 1.19. The Morgan fingerprint density at radius 2 is 2.08 bits per heavy atom. The van der Waals surface area contributed by atoms with Crippen LogP contribution in [-0.2, 0) is 9.59 Å². The summed E-state index contributed by atoms with van der Waals surface area (Å²) >= 11 is 0. The van der Waals surface area contributed by atoms with E-state index < -0.39 is 0 Å². The van der Waals surface area contributed by atoms with Crippen molar-refractivity contribution in [2.24, 2.45) is 4.99 Å². The van der Waals surface area contributed by atoms with Gasteiger partial charge in [-0.15, -0.1) is 0 Å². The molecule has 0 spiro atoms. The molecule has 1 aliphatic rings. The van der Waals surface area contributed by atoms with Crippen molar-refractivity contribution in [2.45, 2.75) is 38.6 Å². The van der Waals surface area contributed by atoms with Crippen molar-refractivity contribution in [3.05, 3.63) is 29.8 Å². The van der Waals surface area contributed by atoms with Gasteiger partial charge in [-0.05, 0) is 25.5 Å². The van der Waals surface area contributed by atoms with Gasteiger partial charge in [0.05, 0.1) is 0 Å². The quantitative estimate of drug-likeness (QED) is 0.460. The molecule has 1 atom stereocenters. The lowest BCUT2D eigenvalue weighted by Crippen LogP contribution is -2.42. The number of hydrogen-bond donors (Lipinski definition) is 4. The summed E-state index contributed by atoms with van der Waals surface area (Å²) in [5.74, 6) is 0.753. The summed E-state index contributed by atoms with van der Waals surface area (Å²) in [7, 11) is 1.69. The highest BCUT2D eigenvalue weighted by Crippen LogP contribution is 2.31. The third-order valence-electron chi connectivity index (χ3n) is 3.94. The van der Waals surface area contributed by atoms with Crippen LogP contribution in [0.25, 0.3) is 0 Å². The van der Waals surface area contributed by atoms with Gasteiger partial charge in [-0.2, -0.15) is 0 Å². The van der Waals surface area contributed by atoms with Gasteiger partial charge in [-0.1, -0.05) is 18.2 Å². The van der Waals surface area contributed by atoms with Crippen LogP contribution in [0.3, 0.4) is 0 Å². The molecule has 0 aromatic heterocycles. The van der Waals surface area contributed by atoms with E-state index in [0.29, 0.717) is 31.9 Å². The fraction of sp³-hybridized carbons (Fsp3) is 0.500. The summed E-state index contributed by atoms with van der Waals surface area (Å²) in [6, 6.07) is 7.98. The number of carbonyl (C=O) groups excluding carboxylic acids is 2. The van der Waals surface area contributed by atoms with Crippen LogP contribution in [0.4, 0.5) is 5.69 Å². The Labute approximate surface area is 148 Å². The molecule has 0 fully saturated rings. The molecule has 1 unspecified atom stereocenters. The Morgan fingerprint density at radius 3 is 2.80 bits per heavy atom. The zero-order valence-corrected chi connectivity index (χ0v) is 15.1. The van der Waals surface area contributed by atoms with Gasteiger partial charge in [-0.25, -0.2) is 0 Å². The molecule has 2 rings (SSSR count). The first-order valence-electron chi connectivity index (χ1n) is 8.62. The average molecular weight is 345 g/mol. The Morgan fingerprint density at radius 1 is 1.32 bits per heavy atom. The molecule has 1 aliphatic heterocycles. The second-order valence-electron chi connectivity index (χ2n) is 6.39. The van der Waals surface area contributed by atoms with E-state index in [1.165, 1.54) is 0 Å². The number of para-hydroxylation sites is 1. The maximum absolute atomic E-state index is 11.9. The highest BCUT2D eigenvalue weighted by atomic mass is 16.2. The second kappa shape index (κ2) is 9.05. The van der Waals surface area contributed by atoms with Crippen LogP contribution >= 0.6 is 0 Å². The molecule has 136 valence electrons. The van der Waals surface area contributed by atoms with Crippen molar-refractivity contribution in [3.8, 4) is 0 Å². The molecule has 0 saturated heterocycles. The van der Waals surface area contributed by atoms with Crippen LogP contribution in [0.5, 0.6) is 0 Å². The molecular weight excluding hydrogens is 318 g/mol. The molecule has 1 aromatic carbocycles. The van der Waals surface area contributed by atoms with E-state index >= 15 is 0 Å². The number of nitrogens with zero attached hydrogens (tertiary/aromatic N) is 1. The number of aliphatic imine (C=N–C) groups is 1.